The molecule has 0 heterocycles. The number of nitrogens with zero attached hydrogens (tertiary/aromatic N) is 2. The molecule has 0 aliphatic heterocycles. The number of nitrogens with one attached hydrogen (secondary N) is 2. The van der Waals surface area contributed by atoms with E-state index in [2.05, 4.69) is 22.5 Å². The molecule has 0 unspecified atom stereocenters. The topological polar surface area (TPSA) is 56.7 Å². The molecule has 27 heavy (non-hydrogen) atoms. The van der Waals surface area contributed by atoms with Gasteiger partial charge in [0.25, 0.3) is 5.91 Å². The van der Waals surface area contributed by atoms with Crippen LogP contribution in [0.15, 0.2) is 29.3 Å². The number of carbonyl (C=O) groups is 1. The molecule has 2 rings (SSSR count). The minimum Gasteiger partial charge on any atom is -0.356 e. The summed E-state index contributed by atoms with van der Waals surface area (Å²) in [5, 5.41) is 6.90. The number of guanidine groups is 1. The third-order valence-electron chi connectivity index (χ3n) is 5.98. The number of carbonyl (C=O) groups excluding carboxylic acids is 1. The summed E-state index contributed by atoms with van der Waals surface area (Å²) in [6.07, 6.45) is 6.55. The second kappa shape index (κ2) is 10.3. The minimum atomic E-state index is 0.0958. The first kappa shape index (κ1) is 21.3. The van der Waals surface area contributed by atoms with Crippen molar-refractivity contribution in [1.29, 1.82) is 0 Å². The van der Waals surface area contributed by atoms with Gasteiger partial charge in [-0.1, -0.05) is 31.9 Å². The van der Waals surface area contributed by atoms with Gasteiger partial charge >= 0.3 is 0 Å². The van der Waals surface area contributed by atoms with Gasteiger partial charge in [-0.25, -0.2) is 0 Å². The quantitative estimate of drug-likeness (QED) is 0.539. The molecule has 0 saturated heterocycles. The van der Waals surface area contributed by atoms with E-state index >= 15 is 0 Å². The third-order valence-corrected chi connectivity index (χ3v) is 5.98. The van der Waals surface area contributed by atoms with Gasteiger partial charge < -0.3 is 15.5 Å². The van der Waals surface area contributed by atoms with Crippen LogP contribution in [-0.2, 0) is 6.54 Å². The van der Waals surface area contributed by atoms with Gasteiger partial charge in [-0.3, -0.25) is 9.79 Å². The van der Waals surface area contributed by atoms with Gasteiger partial charge in [-0.05, 0) is 56.2 Å². The second-order valence-electron chi connectivity index (χ2n) is 7.51. The zero-order chi connectivity index (χ0) is 19.7. The van der Waals surface area contributed by atoms with Crippen molar-refractivity contribution in [3.8, 4) is 0 Å². The van der Waals surface area contributed by atoms with Crippen LogP contribution in [0.5, 0.6) is 0 Å². The van der Waals surface area contributed by atoms with E-state index < -0.39 is 0 Å². The van der Waals surface area contributed by atoms with Gasteiger partial charge in [0.2, 0.25) is 0 Å². The Morgan fingerprint density at radius 1 is 1.07 bits per heavy atom. The Hall–Kier alpha value is -2.04. The van der Waals surface area contributed by atoms with E-state index in [1.165, 1.54) is 32.1 Å². The molecular formula is C22H36N4O. The molecule has 1 aromatic rings. The Morgan fingerprint density at radius 2 is 1.70 bits per heavy atom. The number of hydrogen-bond acceptors (Lipinski definition) is 2. The van der Waals surface area contributed by atoms with Gasteiger partial charge in [0.05, 0.1) is 0 Å². The lowest BCUT2D eigenvalue weighted by molar-refractivity contribution is 0.0773. The van der Waals surface area contributed by atoms with Crippen molar-refractivity contribution in [1.82, 2.24) is 15.5 Å². The van der Waals surface area contributed by atoms with E-state index in [0.717, 1.165) is 36.7 Å². The second-order valence-corrected chi connectivity index (χ2v) is 7.51. The lowest BCUT2D eigenvalue weighted by Gasteiger charge is -2.28. The highest BCUT2D eigenvalue weighted by Gasteiger charge is 2.31. The van der Waals surface area contributed by atoms with Gasteiger partial charge in [0.15, 0.2) is 5.96 Å². The highest BCUT2D eigenvalue weighted by atomic mass is 16.2. The number of hydrogen-bond donors (Lipinski definition) is 2. The zero-order valence-electron chi connectivity index (χ0n) is 17.5. The molecule has 0 aromatic heterocycles. The van der Waals surface area contributed by atoms with Crippen molar-refractivity contribution in [2.24, 2.45) is 10.4 Å². The van der Waals surface area contributed by atoms with E-state index in [-0.39, 0.29) is 5.91 Å². The van der Waals surface area contributed by atoms with Crippen LogP contribution in [0.1, 0.15) is 68.8 Å². The van der Waals surface area contributed by atoms with Gasteiger partial charge in [0, 0.05) is 38.8 Å². The number of amides is 1. The maximum Gasteiger partial charge on any atom is 0.253 e. The lowest BCUT2D eigenvalue weighted by Crippen LogP contribution is -2.42. The molecule has 1 fully saturated rings. The summed E-state index contributed by atoms with van der Waals surface area (Å²) in [6.45, 7) is 9.46. The van der Waals surface area contributed by atoms with Gasteiger partial charge in [0.1, 0.15) is 0 Å². The van der Waals surface area contributed by atoms with Crippen molar-refractivity contribution < 1.29 is 4.79 Å². The molecule has 5 nitrogen and oxygen atoms in total. The van der Waals surface area contributed by atoms with Gasteiger partial charge in [-0.2, -0.15) is 0 Å². The fourth-order valence-electron chi connectivity index (χ4n) is 3.92. The van der Waals surface area contributed by atoms with Gasteiger partial charge in [-0.15, -0.1) is 0 Å². The SMILES string of the molecule is CCN(CC)C(=O)c1ccc(CNC(=NC)NCC2(CC)CCCC2)cc1. The molecule has 1 aromatic carbocycles. The van der Waals surface area contributed by atoms with E-state index in [9.17, 15) is 4.79 Å². The van der Waals surface area contributed by atoms with Crippen LogP contribution in [-0.4, -0.2) is 43.4 Å². The summed E-state index contributed by atoms with van der Waals surface area (Å²) in [7, 11) is 1.81. The predicted octanol–water partition coefficient (Wildman–Crippen LogP) is 3.80. The van der Waals surface area contributed by atoms with Crippen molar-refractivity contribution >= 4 is 11.9 Å². The summed E-state index contributed by atoms with van der Waals surface area (Å²) < 4.78 is 0. The van der Waals surface area contributed by atoms with Crippen molar-refractivity contribution in [3.05, 3.63) is 35.4 Å². The van der Waals surface area contributed by atoms with E-state index in [0.29, 0.717) is 12.0 Å². The van der Waals surface area contributed by atoms with E-state index in [1.807, 2.05) is 50.1 Å². The number of benzene rings is 1. The van der Waals surface area contributed by atoms with Crippen LogP contribution in [0.3, 0.4) is 0 Å². The van der Waals surface area contributed by atoms with Crippen LogP contribution in [0.25, 0.3) is 0 Å². The molecule has 5 heteroatoms. The summed E-state index contributed by atoms with van der Waals surface area (Å²) in [4.78, 5) is 18.6. The molecule has 1 saturated carbocycles. The first-order valence-electron chi connectivity index (χ1n) is 10.4. The van der Waals surface area contributed by atoms with Crippen LogP contribution in [0.4, 0.5) is 0 Å². The van der Waals surface area contributed by atoms with Crippen molar-refractivity contribution in [3.63, 3.8) is 0 Å². The largest absolute Gasteiger partial charge is 0.356 e. The minimum absolute atomic E-state index is 0.0958. The van der Waals surface area contributed by atoms with E-state index in [4.69, 9.17) is 0 Å². The zero-order valence-corrected chi connectivity index (χ0v) is 17.5. The molecule has 1 aliphatic rings. The maximum absolute atomic E-state index is 12.4. The predicted molar refractivity (Wildman–Crippen MR) is 113 cm³/mol. The molecule has 2 N–H and O–H groups in total. The van der Waals surface area contributed by atoms with Crippen LogP contribution < -0.4 is 10.6 Å². The molecule has 0 bridgehead atoms. The highest BCUT2D eigenvalue weighted by molar-refractivity contribution is 5.94. The molecule has 0 radical (unpaired) electrons. The van der Waals surface area contributed by atoms with E-state index in [1.54, 1.807) is 0 Å². The third kappa shape index (κ3) is 5.72. The Labute approximate surface area is 164 Å². The average Bonchev–Trinajstić information content (AvgIpc) is 3.19. The monoisotopic (exact) mass is 372 g/mol. The molecule has 0 spiro atoms. The van der Waals surface area contributed by atoms with Crippen LogP contribution in [0, 0.1) is 5.41 Å². The first-order chi connectivity index (χ1) is 13.1. The first-order valence-corrected chi connectivity index (χ1v) is 10.4. The Balaban J connectivity index is 1.86. The number of rotatable bonds is 8. The Morgan fingerprint density at radius 3 is 2.22 bits per heavy atom. The highest BCUT2D eigenvalue weighted by Crippen LogP contribution is 2.40. The Bertz CT molecular complexity index is 614. The average molecular weight is 373 g/mol. The fourth-order valence-corrected chi connectivity index (χ4v) is 3.92. The van der Waals surface area contributed by atoms with Crippen LogP contribution >= 0.6 is 0 Å². The van der Waals surface area contributed by atoms with Crippen LogP contribution in [0.2, 0.25) is 0 Å². The smallest absolute Gasteiger partial charge is 0.253 e. The molecule has 0 atom stereocenters. The molecular weight excluding hydrogens is 336 g/mol. The summed E-state index contributed by atoms with van der Waals surface area (Å²) >= 11 is 0. The molecule has 1 aliphatic carbocycles. The summed E-state index contributed by atoms with van der Waals surface area (Å²) in [5.74, 6) is 0.941. The summed E-state index contributed by atoms with van der Waals surface area (Å²) in [6, 6.07) is 7.86. The Kier molecular flexibility index (Phi) is 8.14. The fraction of sp³-hybridized carbons (Fsp3) is 0.636. The molecule has 150 valence electrons. The lowest BCUT2D eigenvalue weighted by atomic mass is 9.83. The normalized spacial score (nSPS) is 16.2. The standard InChI is InChI=1S/C22H36N4O/c1-5-22(14-8-9-15-22)17-25-21(23-4)24-16-18-10-12-19(13-11-18)20(27)26(6-2)7-3/h10-13H,5-9,14-17H2,1-4H3,(H2,23,24,25). The maximum atomic E-state index is 12.4. The molecule has 1 amide bonds. The van der Waals surface area contributed by atoms with Crippen molar-refractivity contribution in [2.45, 2.75) is 59.4 Å². The summed E-state index contributed by atoms with van der Waals surface area (Å²) in [5.41, 5.74) is 2.32. The number of aliphatic imine (C=N–C) groups is 1. The van der Waals surface area contributed by atoms with Crippen molar-refractivity contribution in [2.75, 3.05) is 26.7 Å².